The number of imidazole rings is 1. The molecule has 3 heterocycles. The van der Waals surface area contributed by atoms with Gasteiger partial charge in [-0.3, -0.25) is 9.20 Å². The molecular formula is C25H24Cl2N6O. The lowest BCUT2D eigenvalue weighted by Crippen LogP contribution is -2.48. The highest BCUT2D eigenvalue weighted by Gasteiger charge is 2.26. The van der Waals surface area contributed by atoms with Gasteiger partial charge in [-0.2, -0.15) is 0 Å². The Bertz CT molecular complexity index is 1360. The number of aromatic nitrogens is 3. The standard InChI is InChI=1S/C25H24Cl2N6O/c1-16-20(14-28)23(19-8-7-17(26)13-21(19)27)33-15-22(30-25(33)29-16)24(34)32-11-9-31(10-12-32)18-5-3-2-4-6-18/h2-8,13,15H,9-12,14,28H2,1H3. The second-order valence-corrected chi connectivity index (χ2v) is 9.11. The number of aryl methyl sites for hydroxylation is 1. The summed E-state index contributed by atoms with van der Waals surface area (Å²) in [5.41, 5.74) is 10.7. The van der Waals surface area contributed by atoms with Gasteiger partial charge in [-0.05, 0) is 37.3 Å². The number of benzene rings is 2. The molecule has 174 valence electrons. The molecule has 0 radical (unpaired) electrons. The number of para-hydroxylation sites is 1. The maximum Gasteiger partial charge on any atom is 0.274 e. The van der Waals surface area contributed by atoms with Crippen molar-refractivity contribution < 1.29 is 4.79 Å². The van der Waals surface area contributed by atoms with E-state index in [-0.39, 0.29) is 12.5 Å². The average Bonchev–Trinajstić information content (AvgIpc) is 3.27. The molecule has 34 heavy (non-hydrogen) atoms. The zero-order chi connectivity index (χ0) is 23.8. The summed E-state index contributed by atoms with van der Waals surface area (Å²) >= 11 is 12.7. The largest absolute Gasteiger partial charge is 0.368 e. The predicted octanol–water partition coefficient (Wildman–Crippen LogP) is 4.43. The van der Waals surface area contributed by atoms with E-state index in [0.29, 0.717) is 34.6 Å². The van der Waals surface area contributed by atoms with Crippen LogP contribution in [0.3, 0.4) is 0 Å². The third kappa shape index (κ3) is 4.11. The summed E-state index contributed by atoms with van der Waals surface area (Å²) in [7, 11) is 0. The summed E-state index contributed by atoms with van der Waals surface area (Å²) in [5.74, 6) is 0.320. The van der Waals surface area contributed by atoms with Crippen molar-refractivity contribution in [3.05, 3.63) is 81.7 Å². The summed E-state index contributed by atoms with van der Waals surface area (Å²) in [5, 5.41) is 1.04. The van der Waals surface area contributed by atoms with E-state index >= 15 is 0 Å². The highest BCUT2D eigenvalue weighted by atomic mass is 35.5. The molecule has 0 spiro atoms. The van der Waals surface area contributed by atoms with Crippen LogP contribution in [0.1, 0.15) is 21.7 Å². The van der Waals surface area contributed by atoms with Crippen LogP contribution in [-0.4, -0.2) is 51.4 Å². The van der Waals surface area contributed by atoms with Crippen LogP contribution in [0.5, 0.6) is 0 Å². The van der Waals surface area contributed by atoms with E-state index in [9.17, 15) is 4.79 Å². The van der Waals surface area contributed by atoms with Crippen LogP contribution in [0.25, 0.3) is 17.0 Å². The smallest absolute Gasteiger partial charge is 0.274 e. The molecule has 7 nitrogen and oxygen atoms in total. The number of amides is 1. The second kappa shape index (κ2) is 9.25. The van der Waals surface area contributed by atoms with Gasteiger partial charge in [0.15, 0.2) is 0 Å². The minimum absolute atomic E-state index is 0.113. The van der Waals surface area contributed by atoms with Gasteiger partial charge in [-0.1, -0.05) is 41.4 Å². The molecule has 1 aliphatic heterocycles. The van der Waals surface area contributed by atoms with Crippen molar-refractivity contribution in [3.63, 3.8) is 0 Å². The Balaban J connectivity index is 1.48. The van der Waals surface area contributed by atoms with Gasteiger partial charge in [0.05, 0.1) is 10.7 Å². The fourth-order valence-corrected chi connectivity index (χ4v) is 4.94. The number of nitrogens with two attached hydrogens (primary N) is 1. The Morgan fingerprint density at radius 1 is 1.03 bits per heavy atom. The highest BCUT2D eigenvalue weighted by molar-refractivity contribution is 6.36. The molecule has 9 heteroatoms. The number of halogens is 2. The van der Waals surface area contributed by atoms with Gasteiger partial charge in [0.1, 0.15) is 5.69 Å². The molecule has 1 aliphatic rings. The Labute approximate surface area is 207 Å². The second-order valence-electron chi connectivity index (χ2n) is 8.26. The molecular weight excluding hydrogens is 471 g/mol. The zero-order valence-corrected chi connectivity index (χ0v) is 20.2. The molecule has 1 fully saturated rings. The van der Waals surface area contributed by atoms with Crippen LogP contribution in [0.15, 0.2) is 54.7 Å². The molecule has 0 bridgehead atoms. The molecule has 1 amide bonds. The third-order valence-electron chi connectivity index (χ3n) is 6.22. The lowest BCUT2D eigenvalue weighted by atomic mass is 10.0. The first kappa shape index (κ1) is 22.7. The van der Waals surface area contributed by atoms with E-state index in [1.54, 1.807) is 22.7 Å². The van der Waals surface area contributed by atoms with Crippen LogP contribution in [0.2, 0.25) is 10.0 Å². The van der Waals surface area contributed by atoms with Gasteiger partial charge in [-0.25, -0.2) is 9.97 Å². The molecule has 2 aromatic carbocycles. The summed E-state index contributed by atoms with van der Waals surface area (Å²) in [6, 6.07) is 15.6. The Morgan fingerprint density at radius 3 is 2.44 bits per heavy atom. The van der Waals surface area contributed by atoms with Gasteiger partial charge >= 0.3 is 0 Å². The molecule has 0 aliphatic carbocycles. The SMILES string of the molecule is Cc1nc2nc(C(=O)N3CCN(c4ccccc4)CC3)cn2c(-c2ccc(Cl)cc2Cl)c1CN. The van der Waals surface area contributed by atoms with E-state index in [0.717, 1.165) is 35.6 Å². The van der Waals surface area contributed by atoms with E-state index < -0.39 is 0 Å². The zero-order valence-electron chi connectivity index (χ0n) is 18.7. The molecule has 1 saturated heterocycles. The Morgan fingerprint density at radius 2 is 1.76 bits per heavy atom. The van der Waals surface area contributed by atoms with Gasteiger partial charge < -0.3 is 15.5 Å². The Kier molecular flexibility index (Phi) is 6.16. The maximum absolute atomic E-state index is 13.3. The van der Waals surface area contributed by atoms with E-state index in [2.05, 4.69) is 27.0 Å². The first-order chi connectivity index (χ1) is 16.5. The molecule has 0 atom stereocenters. The quantitative estimate of drug-likeness (QED) is 0.453. The fourth-order valence-electron chi connectivity index (χ4n) is 4.44. The highest BCUT2D eigenvalue weighted by Crippen LogP contribution is 2.34. The van der Waals surface area contributed by atoms with E-state index in [1.807, 2.05) is 36.1 Å². The number of hydrogen-bond donors (Lipinski definition) is 1. The summed E-state index contributed by atoms with van der Waals surface area (Å²) in [6.45, 7) is 4.93. The van der Waals surface area contributed by atoms with Gasteiger partial charge in [0.25, 0.3) is 5.91 Å². The molecule has 0 saturated carbocycles. The van der Waals surface area contributed by atoms with Crippen molar-refractivity contribution in [2.24, 2.45) is 5.73 Å². The minimum Gasteiger partial charge on any atom is -0.368 e. The van der Waals surface area contributed by atoms with Crippen LogP contribution >= 0.6 is 23.2 Å². The van der Waals surface area contributed by atoms with Crippen LogP contribution in [0, 0.1) is 6.92 Å². The molecule has 5 rings (SSSR count). The molecule has 0 unspecified atom stereocenters. The van der Waals surface area contributed by atoms with Crippen molar-refractivity contribution in [2.45, 2.75) is 13.5 Å². The monoisotopic (exact) mass is 494 g/mol. The lowest BCUT2D eigenvalue weighted by molar-refractivity contribution is 0.0741. The average molecular weight is 495 g/mol. The van der Waals surface area contributed by atoms with Crippen LogP contribution in [-0.2, 0) is 6.54 Å². The van der Waals surface area contributed by atoms with Crippen LogP contribution < -0.4 is 10.6 Å². The summed E-state index contributed by atoms with van der Waals surface area (Å²) < 4.78 is 1.80. The maximum atomic E-state index is 13.3. The fraction of sp³-hybridized carbons (Fsp3) is 0.240. The number of hydrogen-bond acceptors (Lipinski definition) is 5. The number of anilines is 1. The van der Waals surface area contributed by atoms with Gasteiger partial charge in [0.2, 0.25) is 5.78 Å². The predicted molar refractivity (Wildman–Crippen MR) is 136 cm³/mol. The summed E-state index contributed by atoms with van der Waals surface area (Å²) in [6.07, 6.45) is 1.73. The first-order valence-corrected chi connectivity index (χ1v) is 11.8. The molecule has 4 aromatic rings. The van der Waals surface area contributed by atoms with Crippen molar-refractivity contribution in [1.82, 2.24) is 19.3 Å². The van der Waals surface area contributed by atoms with Crippen molar-refractivity contribution >= 4 is 40.6 Å². The molecule has 2 aromatic heterocycles. The number of piperazine rings is 1. The Hall–Kier alpha value is -3.13. The van der Waals surface area contributed by atoms with Gasteiger partial charge in [0, 0.05) is 66.5 Å². The van der Waals surface area contributed by atoms with Crippen molar-refractivity contribution in [2.75, 3.05) is 31.1 Å². The van der Waals surface area contributed by atoms with Crippen molar-refractivity contribution in [3.8, 4) is 11.3 Å². The van der Waals surface area contributed by atoms with Crippen molar-refractivity contribution in [1.29, 1.82) is 0 Å². The minimum atomic E-state index is -0.113. The van der Waals surface area contributed by atoms with Crippen LogP contribution in [0.4, 0.5) is 5.69 Å². The topological polar surface area (TPSA) is 79.8 Å². The number of rotatable bonds is 4. The molecule has 2 N–H and O–H groups in total. The first-order valence-electron chi connectivity index (χ1n) is 11.1. The number of carbonyl (C=O) groups excluding carboxylic acids is 1. The van der Waals surface area contributed by atoms with E-state index in [1.165, 1.54) is 5.69 Å². The normalized spacial score (nSPS) is 14.1. The number of fused-ring (bicyclic) bond motifs is 1. The number of nitrogens with zero attached hydrogens (tertiary/aromatic N) is 5. The van der Waals surface area contributed by atoms with E-state index in [4.69, 9.17) is 28.9 Å². The van der Waals surface area contributed by atoms with Gasteiger partial charge in [-0.15, -0.1) is 0 Å². The number of carbonyl (C=O) groups is 1. The summed E-state index contributed by atoms with van der Waals surface area (Å²) in [4.78, 5) is 26.6. The third-order valence-corrected chi connectivity index (χ3v) is 6.76. The lowest BCUT2D eigenvalue weighted by Gasteiger charge is -2.35.